The van der Waals surface area contributed by atoms with E-state index in [0.29, 0.717) is 12.1 Å². The molecular weight excluding hydrogens is 447 g/mol. The standard InChI is InChI=1S/C25H28ClFN2O4/c1-5-28(6-2)11-12-29-21(16-7-9-17(27)10-8-16)20(23(31)25(29)32)22(30)18-13-15(3)14-19(26)24(18)33-4/h7-10,13-14,21,30H,5-6,11-12H2,1-4H3/b22-20+. The number of rotatable bonds is 8. The summed E-state index contributed by atoms with van der Waals surface area (Å²) in [5.74, 6) is -2.13. The lowest BCUT2D eigenvalue weighted by atomic mass is 9.94. The molecule has 1 N–H and O–H groups in total. The SMILES string of the molecule is CCN(CC)CCN1C(=O)C(=O)/C(=C(/O)c2cc(C)cc(Cl)c2OC)C1c1ccc(F)cc1. The molecule has 1 saturated heterocycles. The number of halogens is 2. The van der Waals surface area contributed by atoms with Crippen LogP contribution < -0.4 is 4.74 Å². The van der Waals surface area contributed by atoms with Gasteiger partial charge in [0, 0.05) is 13.1 Å². The van der Waals surface area contributed by atoms with Crippen LogP contribution in [0.5, 0.6) is 5.75 Å². The van der Waals surface area contributed by atoms with Gasteiger partial charge in [0.25, 0.3) is 11.7 Å². The number of aliphatic hydroxyl groups excluding tert-OH is 1. The van der Waals surface area contributed by atoms with Gasteiger partial charge in [-0.1, -0.05) is 37.6 Å². The Bertz CT molecular complexity index is 1080. The number of likely N-dealkylation sites (tertiary alicyclic amines) is 1. The quantitative estimate of drug-likeness (QED) is 0.345. The van der Waals surface area contributed by atoms with Gasteiger partial charge in [-0.3, -0.25) is 9.59 Å². The topological polar surface area (TPSA) is 70.1 Å². The van der Waals surface area contributed by atoms with E-state index in [9.17, 15) is 19.1 Å². The van der Waals surface area contributed by atoms with Crippen molar-refractivity contribution in [1.82, 2.24) is 9.80 Å². The third kappa shape index (κ3) is 4.89. The van der Waals surface area contributed by atoms with Crippen LogP contribution in [0.1, 0.15) is 36.6 Å². The fourth-order valence-electron chi connectivity index (χ4n) is 4.15. The van der Waals surface area contributed by atoms with Crippen molar-refractivity contribution in [2.75, 3.05) is 33.3 Å². The molecule has 1 heterocycles. The van der Waals surface area contributed by atoms with Crippen LogP contribution in [0.25, 0.3) is 5.76 Å². The van der Waals surface area contributed by atoms with E-state index in [0.717, 1.165) is 18.7 Å². The van der Waals surface area contributed by atoms with E-state index in [1.807, 2.05) is 13.8 Å². The molecule has 2 aromatic carbocycles. The Balaban J connectivity index is 2.19. The molecule has 0 spiro atoms. The number of carbonyl (C=O) groups is 2. The molecular formula is C25H28ClFN2O4. The molecule has 6 nitrogen and oxygen atoms in total. The molecule has 0 radical (unpaired) electrons. The number of methoxy groups -OCH3 is 1. The van der Waals surface area contributed by atoms with E-state index < -0.39 is 23.5 Å². The highest BCUT2D eigenvalue weighted by Crippen LogP contribution is 2.42. The summed E-state index contributed by atoms with van der Waals surface area (Å²) in [5.41, 5.74) is 1.41. The number of Topliss-reactive ketones (excluding diaryl/α,β-unsaturated/α-hetero) is 1. The Morgan fingerprint density at radius 3 is 2.39 bits per heavy atom. The van der Waals surface area contributed by atoms with Crippen LogP contribution in [0.3, 0.4) is 0 Å². The Morgan fingerprint density at radius 1 is 1.18 bits per heavy atom. The third-order valence-electron chi connectivity index (χ3n) is 5.92. The average Bonchev–Trinajstić information content (AvgIpc) is 3.04. The summed E-state index contributed by atoms with van der Waals surface area (Å²) in [6.45, 7) is 8.24. The van der Waals surface area contributed by atoms with Crippen molar-refractivity contribution in [2.24, 2.45) is 0 Å². The molecule has 0 aromatic heterocycles. The summed E-state index contributed by atoms with van der Waals surface area (Å²) in [4.78, 5) is 29.8. The van der Waals surface area contributed by atoms with Crippen LogP contribution in [-0.4, -0.2) is 59.9 Å². The summed E-state index contributed by atoms with van der Waals surface area (Å²) < 4.78 is 19.0. The molecule has 1 amide bonds. The number of likely N-dealkylation sites (N-methyl/N-ethyl adjacent to an activating group) is 1. The predicted molar refractivity (Wildman–Crippen MR) is 126 cm³/mol. The minimum atomic E-state index is -0.870. The summed E-state index contributed by atoms with van der Waals surface area (Å²) in [6.07, 6.45) is 0. The zero-order valence-corrected chi connectivity index (χ0v) is 19.9. The third-order valence-corrected chi connectivity index (χ3v) is 6.21. The van der Waals surface area contributed by atoms with E-state index in [-0.39, 0.29) is 34.2 Å². The summed E-state index contributed by atoms with van der Waals surface area (Å²) in [6, 6.07) is 8.02. The highest BCUT2D eigenvalue weighted by Gasteiger charge is 2.46. The van der Waals surface area contributed by atoms with Crippen LogP contribution in [0, 0.1) is 12.7 Å². The first-order valence-corrected chi connectivity index (χ1v) is 11.2. The molecule has 3 rings (SSSR count). The second-order valence-corrected chi connectivity index (χ2v) is 8.31. The zero-order valence-electron chi connectivity index (χ0n) is 19.2. The van der Waals surface area contributed by atoms with Crippen LogP contribution in [-0.2, 0) is 9.59 Å². The molecule has 1 aliphatic rings. The van der Waals surface area contributed by atoms with Gasteiger partial charge >= 0.3 is 0 Å². The van der Waals surface area contributed by atoms with Gasteiger partial charge < -0.3 is 19.6 Å². The molecule has 1 unspecified atom stereocenters. The molecule has 33 heavy (non-hydrogen) atoms. The summed E-state index contributed by atoms with van der Waals surface area (Å²) >= 11 is 6.30. The van der Waals surface area contributed by atoms with E-state index in [1.165, 1.54) is 36.3 Å². The second-order valence-electron chi connectivity index (χ2n) is 7.90. The van der Waals surface area contributed by atoms with Crippen molar-refractivity contribution in [3.63, 3.8) is 0 Å². The van der Waals surface area contributed by atoms with Gasteiger partial charge in [-0.2, -0.15) is 0 Å². The molecule has 1 atom stereocenters. The first kappa shape index (κ1) is 24.7. The monoisotopic (exact) mass is 474 g/mol. The Morgan fingerprint density at radius 2 is 1.82 bits per heavy atom. The lowest BCUT2D eigenvalue weighted by molar-refractivity contribution is -0.140. The molecule has 2 aromatic rings. The minimum absolute atomic E-state index is 0.0777. The van der Waals surface area contributed by atoms with Crippen LogP contribution in [0.15, 0.2) is 42.0 Å². The number of ketones is 1. The van der Waals surface area contributed by atoms with Gasteiger partial charge in [0.05, 0.1) is 29.3 Å². The molecule has 0 aliphatic carbocycles. The highest BCUT2D eigenvalue weighted by molar-refractivity contribution is 6.46. The summed E-state index contributed by atoms with van der Waals surface area (Å²) in [7, 11) is 1.41. The van der Waals surface area contributed by atoms with Crippen molar-refractivity contribution in [1.29, 1.82) is 0 Å². The fraction of sp³-hybridized carbons (Fsp3) is 0.360. The van der Waals surface area contributed by atoms with Crippen molar-refractivity contribution >= 4 is 29.1 Å². The number of benzene rings is 2. The maximum Gasteiger partial charge on any atom is 0.295 e. The number of aryl methyl sites for hydroxylation is 1. The van der Waals surface area contributed by atoms with E-state index in [1.54, 1.807) is 19.1 Å². The molecule has 1 aliphatic heterocycles. The van der Waals surface area contributed by atoms with E-state index in [2.05, 4.69) is 4.90 Å². The molecule has 0 bridgehead atoms. The van der Waals surface area contributed by atoms with Crippen LogP contribution in [0.2, 0.25) is 5.02 Å². The summed E-state index contributed by atoms with van der Waals surface area (Å²) in [5, 5.41) is 11.6. The van der Waals surface area contributed by atoms with Crippen molar-refractivity contribution < 1.29 is 23.8 Å². The molecule has 1 fully saturated rings. The number of aliphatic hydroxyl groups is 1. The lowest BCUT2D eigenvalue weighted by Gasteiger charge is -2.28. The van der Waals surface area contributed by atoms with Gasteiger partial charge in [0.2, 0.25) is 0 Å². The average molecular weight is 475 g/mol. The fourth-order valence-corrected chi connectivity index (χ4v) is 4.50. The second kappa shape index (κ2) is 10.4. The normalized spacial score (nSPS) is 17.8. The lowest BCUT2D eigenvalue weighted by Crippen LogP contribution is -2.38. The Kier molecular flexibility index (Phi) is 7.76. The van der Waals surface area contributed by atoms with Crippen molar-refractivity contribution in [3.8, 4) is 5.75 Å². The smallest absolute Gasteiger partial charge is 0.295 e. The number of hydrogen-bond donors (Lipinski definition) is 1. The Hall–Kier alpha value is -2.90. The van der Waals surface area contributed by atoms with E-state index >= 15 is 0 Å². The predicted octanol–water partition coefficient (Wildman–Crippen LogP) is 4.56. The maximum absolute atomic E-state index is 13.6. The maximum atomic E-state index is 13.6. The van der Waals surface area contributed by atoms with Crippen molar-refractivity contribution in [3.05, 3.63) is 69.5 Å². The molecule has 176 valence electrons. The number of hydrogen-bond acceptors (Lipinski definition) is 5. The van der Waals surface area contributed by atoms with Gasteiger partial charge in [-0.15, -0.1) is 0 Å². The largest absolute Gasteiger partial charge is 0.507 e. The van der Waals surface area contributed by atoms with Gasteiger partial charge in [-0.05, 0) is 55.4 Å². The van der Waals surface area contributed by atoms with Crippen LogP contribution >= 0.6 is 11.6 Å². The van der Waals surface area contributed by atoms with Gasteiger partial charge in [0.1, 0.15) is 17.3 Å². The number of nitrogens with zero attached hydrogens (tertiary/aromatic N) is 2. The van der Waals surface area contributed by atoms with Crippen LogP contribution in [0.4, 0.5) is 4.39 Å². The van der Waals surface area contributed by atoms with Crippen molar-refractivity contribution in [2.45, 2.75) is 26.8 Å². The number of ether oxygens (including phenoxy) is 1. The minimum Gasteiger partial charge on any atom is -0.507 e. The molecule has 0 saturated carbocycles. The number of carbonyl (C=O) groups excluding carboxylic acids is 2. The van der Waals surface area contributed by atoms with Gasteiger partial charge in [-0.25, -0.2) is 4.39 Å². The molecule has 8 heteroatoms. The first-order chi connectivity index (χ1) is 15.7. The number of amides is 1. The van der Waals surface area contributed by atoms with Gasteiger partial charge in [0.15, 0.2) is 0 Å². The highest BCUT2D eigenvalue weighted by atomic mass is 35.5. The Labute approximate surface area is 198 Å². The zero-order chi connectivity index (χ0) is 24.3. The first-order valence-electron chi connectivity index (χ1n) is 10.8. The van der Waals surface area contributed by atoms with E-state index in [4.69, 9.17) is 16.3 Å².